The first-order valence-corrected chi connectivity index (χ1v) is 14.4. The van der Waals surface area contributed by atoms with E-state index < -0.39 is 0 Å². The third-order valence-corrected chi connectivity index (χ3v) is 7.54. The third-order valence-electron chi connectivity index (χ3n) is 7.31. The minimum Gasteiger partial charge on any atom is -0.495 e. The van der Waals surface area contributed by atoms with Gasteiger partial charge >= 0.3 is 0 Å². The van der Waals surface area contributed by atoms with Gasteiger partial charge in [0.2, 0.25) is 11.8 Å². The molecule has 0 aromatic heterocycles. The molecule has 8 heteroatoms. The Morgan fingerprint density at radius 3 is 2.44 bits per heavy atom. The highest BCUT2D eigenvalue weighted by Gasteiger charge is 2.25. The molecule has 1 heterocycles. The van der Waals surface area contributed by atoms with Crippen molar-refractivity contribution < 1.29 is 14.3 Å². The zero-order chi connectivity index (χ0) is 28.5. The van der Waals surface area contributed by atoms with Gasteiger partial charge in [-0.3, -0.25) is 14.5 Å². The average molecular weight is 557 g/mol. The van der Waals surface area contributed by atoms with E-state index in [1.54, 1.807) is 7.11 Å². The van der Waals surface area contributed by atoms with Crippen LogP contribution in [0.3, 0.4) is 0 Å². The zero-order valence-corrected chi connectivity index (χ0v) is 25.2. The highest BCUT2D eigenvalue weighted by atomic mass is 35.5. The third kappa shape index (κ3) is 8.61. The molecule has 39 heavy (non-hydrogen) atoms. The smallest absolute Gasteiger partial charge is 0.227 e. The van der Waals surface area contributed by atoms with Crippen molar-refractivity contribution in [2.45, 2.75) is 59.5 Å². The lowest BCUT2D eigenvalue weighted by Gasteiger charge is -2.30. The second kappa shape index (κ2) is 14.6. The van der Waals surface area contributed by atoms with Crippen LogP contribution in [0.1, 0.15) is 52.5 Å². The molecule has 0 unspecified atom stereocenters. The Bertz CT molecular complexity index is 1110. The van der Waals surface area contributed by atoms with E-state index in [1.165, 1.54) is 0 Å². The van der Waals surface area contributed by atoms with E-state index in [1.807, 2.05) is 59.3 Å². The van der Waals surface area contributed by atoms with Crippen molar-refractivity contribution >= 4 is 34.8 Å². The molecule has 0 atom stereocenters. The van der Waals surface area contributed by atoms with Crippen LogP contribution in [0, 0.1) is 5.92 Å². The Morgan fingerprint density at radius 1 is 1.00 bits per heavy atom. The molecule has 2 aromatic rings. The molecular weight excluding hydrogens is 512 g/mol. The van der Waals surface area contributed by atoms with Crippen molar-refractivity contribution in [3.63, 3.8) is 0 Å². The Morgan fingerprint density at radius 2 is 1.74 bits per heavy atom. The van der Waals surface area contributed by atoms with Crippen LogP contribution in [-0.2, 0) is 16.1 Å². The highest BCUT2D eigenvalue weighted by molar-refractivity contribution is 6.31. The van der Waals surface area contributed by atoms with Gasteiger partial charge < -0.3 is 19.4 Å². The summed E-state index contributed by atoms with van der Waals surface area (Å²) in [6.45, 7) is 12.4. The van der Waals surface area contributed by atoms with Gasteiger partial charge in [0.25, 0.3) is 0 Å². The maximum absolute atomic E-state index is 13.7. The van der Waals surface area contributed by atoms with Gasteiger partial charge in [-0.1, -0.05) is 43.6 Å². The topological polar surface area (TPSA) is 56.3 Å². The van der Waals surface area contributed by atoms with Gasteiger partial charge in [-0.2, -0.15) is 0 Å². The number of nitrogens with zero attached hydrogens (tertiary/aromatic N) is 4. The zero-order valence-electron chi connectivity index (χ0n) is 24.5. The van der Waals surface area contributed by atoms with E-state index in [0.29, 0.717) is 50.1 Å². The summed E-state index contributed by atoms with van der Waals surface area (Å²) in [4.78, 5) is 35.4. The van der Waals surface area contributed by atoms with Crippen molar-refractivity contribution in [3.8, 4) is 5.75 Å². The number of para-hydroxylation sites is 2. The number of anilines is 2. The summed E-state index contributed by atoms with van der Waals surface area (Å²) in [5.74, 6) is 1.22. The monoisotopic (exact) mass is 556 g/mol. The maximum atomic E-state index is 13.7. The van der Waals surface area contributed by atoms with Crippen molar-refractivity contribution in [1.29, 1.82) is 0 Å². The second-order valence-electron chi connectivity index (χ2n) is 11.1. The molecule has 0 aliphatic carbocycles. The lowest BCUT2D eigenvalue weighted by molar-refractivity contribution is -0.132. The average Bonchev–Trinajstić information content (AvgIpc) is 2.93. The fourth-order valence-electron chi connectivity index (χ4n) is 5.05. The fraction of sp³-hybridized carbons (Fsp3) is 0.548. The fourth-order valence-corrected chi connectivity index (χ4v) is 5.22. The van der Waals surface area contributed by atoms with E-state index in [0.717, 1.165) is 42.2 Å². The van der Waals surface area contributed by atoms with E-state index in [2.05, 4.69) is 37.5 Å². The molecule has 0 radical (unpaired) electrons. The van der Waals surface area contributed by atoms with Crippen LogP contribution < -0.4 is 14.5 Å². The summed E-state index contributed by atoms with van der Waals surface area (Å²) in [5, 5.41) is 0.589. The largest absolute Gasteiger partial charge is 0.495 e. The minimum atomic E-state index is 0.0839. The summed E-state index contributed by atoms with van der Waals surface area (Å²) < 4.78 is 5.51. The number of amides is 2. The Balaban J connectivity index is 1.88. The molecule has 0 saturated heterocycles. The summed E-state index contributed by atoms with van der Waals surface area (Å²) in [6.07, 6.45) is 1.69. The molecule has 3 rings (SSSR count). The second-order valence-corrected chi connectivity index (χ2v) is 11.5. The molecule has 7 nitrogen and oxygen atoms in total. The normalized spacial score (nSPS) is 15.2. The number of rotatable bonds is 8. The molecule has 0 bridgehead atoms. The van der Waals surface area contributed by atoms with Crippen LogP contribution >= 0.6 is 11.6 Å². The number of methoxy groups -OCH3 is 1. The van der Waals surface area contributed by atoms with E-state index in [-0.39, 0.29) is 17.7 Å². The van der Waals surface area contributed by atoms with E-state index >= 15 is 0 Å². The van der Waals surface area contributed by atoms with Gasteiger partial charge in [0.05, 0.1) is 18.5 Å². The van der Waals surface area contributed by atoms with Gasteiger partial charge in [0.15, 0.2) is 0 Å². The summed E-state index contributed by atoms with van der Waals surface area (Å²) in [7, 11) is 3.64. The minimum absolute atomic E-state index is 0.0839. The first kappa shape index (κ1) is 30.8. The maximum Gasteiger partial charge on any atom is 0.227 e. The van der Waals surface area contributed by atoms with Gasteiger partial charge in [-0.05, 0) is 56.0 Å². The Kier molecular flexibility index (Phi) is 11.5. The number of carbonyl (C=O) groups is 2. The molecule has 0 spiro atoms. The van der Waals surface area contributed by atoms with E-state index in [9.17, 15) is 9.59 Å². The molecule has 2 amide bonds. The van der Waals surface area contributed by atoms with Crippen LogP contribution in [0.15, 0.2) is 42.5 Å². The van der Waals surface area contributed by atoms with Gasteiger partial charge in [0, 0.05) is 70.2 Å². The summed E-state index contributed by atoms with van der Waals surface area (Å²) >= 11 is 6.44. The Labute approximate surface area is 239 Å². The van der Waals surface area contributed by atoms with Crippen LogP contribution in [0.2, 0.25) is 5.02 Å². The van der Waals surface area contributed by atoms with Crippen molar-refractivity contribution in [1.82, 2.24) is 9.80 Å². The molecule has 0 N–H and O–H groups in total. The molecule has 1 aliphatic heterocycles. The van der Waals surface area contributed by atoms with Crippen LogP contribution in [0.5, 0.6) is 5.75 Å². The van der Waals surface area contributed by atoms with Gasteiger partial charge in [0.1, 0.15) is 5.75 Å². The van der Waals surface area contributed by atoms with Gasteiger partial charge in [-0.25, -0.2) is 0 Å². The lowest BCUT2D eigenvalue weighted by atomic mass is 10.1. The molecule has 214 valence electrons. The number of hydrogen-bond acceptors (Lipinski definition) is 5. The first-order chi connectivity index (χ1) is 18.6. The highest BCUT2D eigenvalue weighted by Crippen LogP contribution is 2.29. The Hall–Kier alpha value is -2.77. The number of benzene rings is 2. The van der Waals surface area contributed by atoms with Crippen LogP contribution in [-0.4, -0.2) is 74.5 Å². The summed E-state index contributed by atoms with van der Waals surface area (Å²) in [6, 6.07) is 13.9. The van der Waals surface area contributed by atoms with Crippen molar-refractivity contribution in [3.05, 3.63) is 53.1 Å². The predicted octanol–water partition coefficient (Wildman–Crippen LogP) is 5.70. The summed E-state index contributed by atoms with van der Waals surface area (Å²) in [5.41, 5.74) is 2.71. The van der Waals surface area contributed by atoms with E-state index in [4.69, 9.17) is 16.3 Å². The van der Waals surface area contributed by atoms with Crippen molar-refractivity contribution in [2.75, 3.05) is 56.7 Å². The van der Waals surface area contributed by atoms with Crippen LogP contribution in [0.25, 0.3) is 0 Å². The molecule has 2 aromatic carbocycles. The van der Waals surface area contributed by atoms with Crippen LogP contribution in [0.4, 0.5) is 11.4 Å². The quantitative estimate of drug-likeness (QED) is 0.417. The number of fused-ring (bicyclic) bond motifs is 1. The van der Waals surface area contributed by atoms with Crippen molar-refractivity contribution in [2.24, 2.45) is 5.92 Å². The number of carbonyl (C=O) groups excluding carboxylic acids is 2. The number of halogens is 1. The van der Waals surface area contributed by atoms with Gasteiger partial charge in [-0.15, -0.1) is 0 Å². The number of hydrogen-bond donors (Lipinski definition) is 0. The lowest BCUT2D eigenvalue weighted by Crippen LogP contribution is -2.42. The predicted molar refractivity (Wildman–Crippen MR) is 161 cm³/mol. The first-order valence-electron chi connectivity index (χ1n) is 14.1. The molecular formula is C31H45ClN4O3. The molecule has 0 saturated carbocycles. The number of ether oxygens (including phenoxy) is 1. The molecule has 1 aliphatic rings. The molecule has 0 fully saturated rings. The standard InChI is InChI=1S/C31H45ClN4O3/c1-23(2)20-31(38)36-16-9-15-34(24(3)4)18-19-35(22-25-12-13-26(32)21-28(25)36)30(37)14-17-33(5)27-10-7-8-11-29(27)39-6/h7-8,10-13,21,23-24H,9,14-20,22H2,1-6H3. The SMILES string of the molecule is COc1ccccc1N(C)CCC(=O)N1CCN(C(C)C)CCCN(C(=O)CC(C)C)c2cc(Cl)ccc2C1.